The Kier molecular flexibility index (Phi) is 4.40. The second kappa shape index (κ2) is 6.04. The summed E-state index contributed by atoms with van der Waals surface area (Å²) in [4.78, 5) is 1.98. The van der Waals surface area contributed by atoms with Crippen LogP contribution in [0.4, 0.5) is 10.1 Å². The highest BCUT2D eigenvalue weighted by molar-refractivity contribution is 6.30. The predicted molar refractivity (Wildman–Crippen MR) is 77.9 cm³/mol. The first-order valence-electron chi connectivity index (χ1n) is 6.04. The number of nitrogens with two attached hydrogens (primary N) is 1. The summed E-state index contributed by atoms with van der Waals surface area (Å²) in [6.07, 6.45) is 0. The molecule has 0 saturated carbocycles. The summed E-state index contributed by atoms with van der Waals surface area (Å²) >= 11 is 5.84. The van der Waals surface area contributed by atoms with Crippen LogP contribution in [0.15, 0.2) is 42.5 Å². The first kappa shape index (κ1) is 13.8. The third kappa shape index (κ3) is 3.46. The van der Waals surface area contributed by atoms with Gasteiger partial charge in [0.15, 0.2) is 0 Å². The minimum atomic E-state index is -0.261. The van der Waals surface area contributed by atoms with Gasteiger partial charge in [-0.05, 0) is 29.8 Å². The zero-order chi connectivity index (χ0) is 13.8. The van der Waals surface area contributed by atoms with Crippen LogP contribution in [0.3, 0.4) is 0 Å². The number of anilines is 1. The van der Waals surface area contributed by atoms with E-state index in [1.807, 2.05) is 42.3 Å². The second-order valence-corrected chi connectivity index (χ2v) is 4.90. The Morgan fingerprint density at radius 2 is 1.84 bits per heavy atom. The number of nitrogens with zero attached hydrogens (tertiary/aromatic N) is 1. The van der Waals surface area contributed by atoms with Crippen molar-refractivity contribution in [1.82, 2.24) is 0 Å². The highest BCUT2D eigenvalue weighted by Crippen LogP contribution is 2.20. The molecular formula is C15H16ClFN2. The monoisotopic (exact) mass is 278 g/mol. The quantitative estimate of drug-likeness (QED) is 0.926. The molecule has 2 rings (SSSR count). The summed E-state index contributed by atoms with van der Waals surface area (Å²) in [7, 11) is 1.92. The number of hydrogen-bond acceptors (Lipinski definition) is 2. The van der Waals surface area contributed by atoms with Crippen molar-refractivity contribution in [3.05, 3.63) is 64.4 Å². The lowest BCUT2D eigenvalue weighted by Gasteiger charge is -2.20. The molecule has 0 aliphatic heterocycles. The van der Waals surface area contributed by atoms with Crippen molar-refractivity contribution in [3.63, 3.8) is 0 Å². The van der Waals surface area contributed by atoms with E-state index in [0.29, 0.717) is 17.1 Å². The molecule has 0 atom stereocenters. The summed E-state index contributed by atoms with van der Waals surface area (Å²) in [5.41, 5.74) is 7.92. The van der Waals surface area contributed by atoms with Crippen LogP contribution >= 0.6 is 11.6 Å². The molecule has 2 aromatic rings. The van der Waals surface area contributed by atoms with Crippen LogP contribution in [-0.2, 0) is 13.1 Å². The van der Waals surface area contributed by atoms with Crippen molar-refractivity contribution in [2.75, 3.05) is 11.9 Å². The van der Waals surface area contributed by atoms with Crippen LogP contribution in [0, 0.1) is 5.82 Å². The third-order valence-electron chi connectivity index (χ3n) is 3.03. The van der Waals surface area contributed by atoms with Crippen molar-refractivity contribution in [2.45, 2.75) is 13.1 Å². The van der Waals surface area contributed by atoms with E-state index in [-0.39, 0.29) is 12.4 Å². The van der Waals surface area contributed by atoms with Crippen LogP contribution < -0.4 is 10.6 Å². The zero-order valence-corrected chi connectivity index (χ0v) is 11.5. The summed E-state index contributed by atoms with van der Waals surface area (Å²) in [6.45, 7) is 0.908. The van der Waals surface area contributed by atoms with Crippen LogP contribution in [0.2, 0.25) is 5.02 Å². The molecule has 0 bridgehead atoms. The van der Waals surface area contributed by atoms with Gasteiger partial charge in [-0.25, -0.2) is 4.39 Å². The minimum Gasteiger partial charge on any atom is -0.370 e. The van der Waals surface area contributed by atoms with E-state index in [0.717, 1.165) is 11.3 Å². The molecule has 0 heterocycles. The molecule has 4 heteroatoms. The van der Waals surface area contributed by atoms with Gasteiger partial charge in [-0.15, -0.1) is 0 Å². The van der Waals surface area contributed by atoms with Crippen LogP contribution in [0.1, 0.15) is 11.1 Å². The summed E-state index contributed by atoms with van der Waals surface area (Å²) in [5, 5.41) is 0.713. The Balaban J connectivity index is 2.13. The molecule has 0 saturated heterocycles. The fourth-order valence-corrected chi connectivity index (χ4v) is 2.02. The van der Waals surface area contributed by atoms with Crippen molar-refractivity contribution < 1.29 is 4.39 Å². The van der Waals surface area contributed by atoms with Gasteiger partial charge in [-0.1, -0.05) is 29.8 Å². The molecule has 0 radical (unpaired) electrons. The smallest absolute Gasteiger partial charge is 0.129 e. The molecule has 0 unspecified atom stereocenters. The SMILES string of the molecule is CN(Cc1ccc(Cl)cc1)c1ccc(CN)c(F)c1. The maximum absolute atomic E-state index is 13.7. The minimum absolute atomic E-state index is 0.215. The molecule has 0 aromatic heterocycles. The van der Waals surface area contributed by atoms with E-state index in [1.165, 1.54) is 6.07 Å². The van der Waals surface area contributed by atoms with Gasteiger partial charge in [-0.3, -0.25) is 0 Å². The Bertz CT molecular complexity index is 555. The van der Waals surface area contributed by atoms with Gasteiger partial charge in [0.2, 0.25) is 0 Å². The van der Waals surface area contributed by atoms with Crippen LogP contribution in [0.25, 0.3) is 0 Å². The average Bonchev–Trinajstić information content (AvgIpc) is 2.41. The van der Waals surface area contributed by atoms with Crippen molar-refractivity contribution >= 4 is 17.3 Å². The molecule has 2 aromatic carbocycles. The van der Waals surface area contributed by atoms with E-state index >= 15 is 0 Å². The normalized spacial score (nSPS) is 10.5. The molecule has 19 heavy (non-hydrogen) atoms. The number of hydrogen-bond donors (Lipinski definition) is 1. The van der Waals surface area contributed by atoms with Gasteiger partial charge < -0.3 is 10.6 Å². The lowest BCUT2D eigenvalue weighted by molar-refractivity contribution is 0.610. The van der Waals surface area contributed by atoms with E-state index in [1.54, 1.807) is 6.07 Å². The van der Waals surface area contributed by atoms with Gasteiger partial charge in [0.1, 0.15) is 5.82 Å². The highest BCUT2D eigenvalue weighted by atomic mass is 35.5. The standard InChI is InChI=1S/C15H16ClFN2/c1-19(10-11-2-5-13(16)6-3-11)14-7-4-12(9-18)15(17)8-14/h2-8H,9-10,18H2,1H3. The fourth-order valence-electron chi connectivity index (χ4n) is 1.89. The van der Waals surface area contributed by atoms with Gasteiger partial charge in [0.25, 0.3) is 0 Å². The molecule has 100 valence electrons. The van der Waals surface area contributed by atoms with Gasteiger partial charge >= 0.3 is 0 Å². The van der Waals surface area contributed by atoms with Crippen molar-refractivity contribution in [1.29, 1.82) is 0 Å². The molecule has 0 spiro atoms. The fraction of sp³-hybridized carbons (Fsp3) is 0.200. The molecule has 2 nitrogen and oxygen atoms in total. The first-order chi connectivity index (χ1) is 9.10. The Morgan fingerprint density at radius 1 is 1.16 bits per heavy atom. The maximum atomic E-state index is 13.7. The Labute approximate surface area is 117 Å². The molecule has 0 fully saturated rings. The molecule has 0 amide bonds. The zero-order valence-electron chi connectivity index (χ0n) is 10.7. The van der Waals surface area contributed by atoms with Crippen molar-refractivity contribution in [2.24, 2.45) is 5.73 Å². The number of rotatable bonds is 4. The summed E-state index contributed by atoms with van der Waals surface area (Å²) in [6, 6.07) is 12.7. The summed E-state index contributed by atoms with van der Waals surface area (Å²) < 4.78 is 13.7. The Morgan fingerprint density at radius 3 is 2.42 bits per heavy atom. The van der Waals surface area contributed by atoms with Crippen LogP contribution in [-0.4, -0.2) is 7.05 Å². The highest BCUT2D eigenvalue weighted by Gasteiger charge is 2.06. The lowest BCUT2D eigenvalue weighted by Crippen LogP contribution is -2.16. The number of halogens is 2. The third-order valence-corrected chi connectivity index (χ3v) is 3.28. The number of benzene rings is 2. The van der Waals surface area contributed by atoms with Crippen LogP contribution in [0.5, 0.6) is 0 Å². The molecule has 0 aliphatic rings. The molecule has 2 N–H and O–H groups in total. The molecule has 0 aliphatic carbocycles. The van der Waals surface area contributed by atoms with Crippen molar-refractivity contribution in [3.8, 4) is 0 Å². The summed E-state index contributed by atoms with van der Waals surface area (Å²) in [5.74, 6) is -0.261. The second-order valence-electron chi connectivity index (χ2n) is 4.46. The van der Waals surface area contributed by atoms with E-state index in [9.17, 15) is 4.39 Å². The van der Waals surface area contributed by atoms with E-state index in [4.69, 9.17) is 17.3 Å². The topological polar surface area (TPSA) is 29.3 Å². The maximum Gasteiger partial charge on any atom is 0.129 e. The van der Waals surface area contributed by atoms with Gasteiger partial charge in [-0.2, -0.15) is 0 Å². The Hall–Kier alpha value is -1.58. The average molecular weight is 279 g/mol. The first-order valence-corrected chi connectivity index (χ1v) is 6.42. The van der Waals surface area contributed by atoms with Gasteiger partial charge in [0, 0.05) is 36.4 Å². The lowest BCUT2D eigenvalue weighted by atomic mass is 10.1. The largest absolute Gasteiger partial charge is 0.370 e. The van der Waals surface area contributed by atoms with E-state index in [2.05, 4.69) is 0 Å². The molecular weight excluding hydrogens is 263 g/mol. The van der Waals surface area contributed by atoms with Gasteiger partial charge in [0.05, 0.1) is 0 Å². The van der Waals surface area contributed by atoms with E-state index < -0.39 is 0 Å². The predicted octanol–water partition coefficient (Wildman–Crippen LogP) is 3.57.